The predicted octanol–water partition coefficient (Wildman–Crippen LogP) is 0.293. The molecule has 10 nitrogen and oxygen atoms in total. The summed E-state index contributed by atoms with van der Waals surface area (Å²) in [4.78, 5) is 33.7. The summed E-state index contributed by atoms with van der Waals surface area (Å²) in [5.74, 6) is -1.41. The summed E-state index contributed by atoms with van der Waals surface area (Å²) in [6.45, 7) is 0.382. The van der Waals surface area contributed by atoms with Gasteiger partial charge in [0.05, 0.1) is 16.2 Å². The maximum atomic E-state index is 12.6. The molecular weight excluding hydrogens is 354 g/mol. The molecule has 0 unspecified atom stereocenters. The van der Waals surface area contributed by atoms with Crippen molar-refractivity contribution in [2.24, 2.45) is 0 Å². The van der Waals surface area contributed by atoms with Crippen LogP contribution in [0.1, 0.15) is 12.8 Å². The highest BCUT2D eigenvalue weighted by Gasteiger charge is 2.30. The smallest absolute Gasteiger partial charge is 0.303 e. The lowest BCUT2D eigenvalue weighted by Gasteiger charge is -2.34. The van der Waals surface area contributed by atoms with Gasteiger partial charge in [-0.1, -0.05) is 6.07 Å². The molecule has 2 rings (SSSR count). The van der Waals surface area contributed by atoms with E-state index in [0.717, 1.165) is 10.4 Å². The SMILES string of the molecule is O=C(O)CCC(=O)N1CCN(S(=O)(=O)c2cccc([N+](=O)[O-])c2)CC1. The Hall–Kier alpha value is -2.53. The number of carboxylic acid groups (broad SMARTS) is 1. The van der Waals surface area contributed by atoms with Crippen LogP contribution in [0.2, 0.25) is 0 Å². The third-order valence-electron chi connectivity index (χ3n) is 3.81. The van der Waals surface area contributed by atoms with Crippen molar-refractivity contribution in [3.8, 4) is 0 Å². The number of nitro groups is 1. The lowest BCUT2D eigenvalue weighted by molar-refractivity contribution is -0.385. The second-order valence-electron chi connectivity index (χ2n) is 5.43. The normalized spacial score (nSPS) is 15.8. The molecule has 0 radical (unpaired) electrons. The zero-order valence-corrected chi connectivity index (χ0v) is 14.0. The molecule has 0 aliphatic carbocycles. The van der Waals surface area contributed by atoms with Crippen LogP contribution in [0.4, 0.5) is 5.69 Å². The maximum Gasteiger partial charge on any atom is 0.303 e. The Kier molecular flexibility index (Phi) is 5.69. The highest BCUT2D eigenvalue weighted by Crippen LogP contribution is 2.22. The van der Waals surface area contributed by atoms with Crippen LogP contribution in [0.5, 0.6) is 0 Å². The van der Waals surface area contributed by atoms with E-state index in [1.807, 2.05) is 0 Å². The van der Waals surface area contributed by atoms with Crippen LogP contribution < -0.4 is 0 Å². The Bertz CT molecular complexity index is 785. The fourth-order valence-corrected chi connectivity index (χ4v) is 3.92. The maximum absolute atomic E-state index is 12.6. The van der Waals surface area contributed by atoms with Gasteiger partial charge >= 0.3 is 5.97 Å². The monoisotopic (exact) mass is 371 g/mol. The first kappa shape index (κ1) is 18.8. The van der Waals surface area contributed by atoms with E-state index < -0.39 is 20.9 Å². The molecule has 1 N–H and O–H groups in total. The van der Waals surface area contributed by atoms with Gasteiger partial charge in [0.15, 0.2) is 0 Å². The number of hydrogen-bond donors (Lipinski definition) is 1. The summed E-state index contributed by atoms with van der Waals surface area (Å²) in [7, 11) is -3.90. The van der Waals surface area contributed by atoms with Crippen molar-refractivity contribution in [1.29, 1.82) is 0 Å². The quantitative estimate of drug-likeness (QED) is 0.560. The van der Waals surface area contributed by atoms with E-state index in [-0.39, 0.29) is 55.5 Å². The van der Waals surface area contributed by atoms with Crippen LogP contribution in [0.25, 0.3) is 0 Å². The lowest BCUT2D eigenvalue weighted by Crippen LogP contribution is -2.50. The standard InChI is InChI=1S/C14H17N3O7S/c18-13(4-5-14(19)20)15-6-8-16(9-7-15)25(23,24)12-3-1-2-11(10-12)17(21)22/h1-3,10H,4-9H2,(H,19,20). The minimum Gasteiger partial charge on any atom is -0.481 e. The average Bonchev–Trinajstić information content (AvgIpc) is 2.59. The lowest BCUT2D eigenvalue weighted by atomic mass is 10.2. The average molecular weight is 371 g/mol. The Labute approximate surface area is 143 Å². The van der Waals surface area contributed by atoms with Crippen LogP contribution in [-0.4, -0.2) is 65.7 Å². The number of sulfonamides is 1. The molecule has 0 saturated carbocycles. The van der Waals surface area contributed by atoms with Gasteiger partial charge in [0.25, 0.3) is 5.69 Å². The molecule has 1 aromatic rings. The molecule has 1 saturated heterocycles. The van der Waals surface area contributed by atoms with Crippen molar-refractivity contribution in [3.05, 3.63) is 34.4 Å². The van der Waals surface area contributed by atoms with Gasteiger partial charge in [0.1, 0.15) is 0 Å². The molecule has 0 bridgehead atoms. The van der Waals surface area contributed by atoms with E-state index in [2.05, 4.69) is 0 Å². The minimum atomic E-state index is -3.90. The van der Waals surface area contributed by atoms with E-state index in [4.69, 9.17) is 5.11 Å². The molecule has 1 amide bonds. The number of non-ortho nitro benzene ring substituents is 1. The number of amides is 1. The first-order valence-electron chi connectivity index (χ1n) is 7.46. The topological polar surface area (TPSA) is 138 Å². The Morgan fingerprint density at radius 2 is 1.80 bits per heavy atom. The highest BCUT2D eigenvalue weighted by molar-refractivity contribution is 7.89. The number of nitro benzene ring substituents is 1. The van der Waals surface area contributed by atoms with Gasteiger partial charge in [-0.05, 0) is 6.07 Å². The van der Waals surface area contributed by atoms with Crippen molar-refractivity contribution in [2.45, 2.75) is 17.7 Å². The van der Waals surface area contributed by atoms with Crippen LogP contribution in [0, 0.1) is 10.1 Å². The summed E-state index contributed by atoms with van der Waals surface area (Å²) in [5, 5.41) is 19.4. The number of nitrogens with zero attached hydrogens (tertiary/aromatic N) is 3. The van der Waals surface area contributed by atoms with Crippen molar-refractivity contribution in [1.82, 2.24) is 9.21 Å². The number of carbonyl (C=O) groups excluding carboxylic acids is 1. The van der Waals surface area contributed by atoms with Gasteiger partial charge in [-0.15, -0.1) is 0 Å². The molecule has 1 aromatic carbocycles. The van der Waals surface area contributed by atoms with Gasteiger partial charge in [-0.25, -0.2) is 8.42 Å². The number of piperazine rings is 1. The number of aliphatic carboxylic acids is 1. The molecule has 25 heavy (non-hydrogen) atoms. The van der Waals surface area contributed by atoms with Crippen LogP contribution >= 0.6 is 0 Å². The molecule has 0 spiro atoms. The minimum absolute atomic E-state index is 0.0455. The fourth-order valence-electron chi connectivity index (χ4n) is 2.46. The number of rotatable bonds is 6. The molecular formula is C14H17N3O7S. The zero-order chi connectivity index (χ0) is 18.6. The predicted molar refractivity (Wildman–Crippen MR) is 85.3 cm³/mol. The molecule has 0 aromatic heterocycles. The zero-order valence-electron chi connectivity index (χ0n) is 13.2. The third-order valence-corrected chi connectivity index (χ3v) is 5.70. The van der Waals surface area contributed by atoms with Crippen molar-refractivity contribution >= 4 is 27.6 Å². The van der Waals surface area contributed by atoms with Gasteiger partial charge in [0, 0.05) is 44.7 Å². The molecule has 11 heteroatoms. The van der Waals surface area contributed by atoms with Gasteiger partial charge < -0.3 is 10.0 Å². The Morgan fingerprint density at radius 3 is 2.36 bits per heavy atom. The van der Waals surface area contributed by atoms with Crippen LogP contribution in [0.15, 0.2) is 29.2 Å². The van der Waals surface area contributed by atoms with E-state index in [1.165, 1.54) is 23.1 Å². The molecule has 1 aliphatic heterocycles. The molecule has 1 fully saturated rings. The molecule has 0 atom stereocenters. The number of carboxylic acids is 1. The van der Waals surface area contributed by atoms with E-state index in [0.29, 0.717) is 0 Å². The van der Waals surface area contributed by atoms with Crippen molar-refractivity contribution in [3.63, 3.8) is 0 Å². The van der Waals surface area contributed by atoms with E-state index >= 15 is 0 Å². The van der Waals surface area contributed by atoms with Crippen LogP contribution in [0.3, 0.4) is 0 Å². The van der Waals surface area contributed by atoms with Crippen molar-refractivity contribution < 1.29 is 28.0 Å². The first-order valence-corrected chi connectivity index (χ1v) is 8.90. The van der Waals surface area contributed by atoms with Crippen LogP contribution in [-0.2, 0) is 19.6 Å². The first-order chi connectivity index (χ1) is 11.7. The van der Waals surface area contributed by atoms with E-state index in [1.54, 1.807) is 0 Å². The number of benzene rings is 1. The largest absolute Gasteiger partial charge is 0.481 e. The second kappa shape index (κ2) is 7.57. The Morgan fingerprint density at radius 1 is 1.16 bits per heavy atom. The highest BCUT2D eigenvalue weighted by atomic mass is 32.2. The Balaban J connectivity index is 2.04. The summed E-state index contributed by atoms with van der Waals surface area (Å²) in [5.41, 5.74) is -0.316. The summed E-state index contributed by atoms with van der Waals surface area (Å²) in [6, 6.07) is 4.79. The number of hydrogen-bond acceptors (Lipinski definition) is 6. The molecule has 136 valence electrons. The fraction of sp³-hybridized carbons (Fsp3) is 0.429. The second-order valence-corrected chi connectivity index (χ2v) is 7.37. The van der Waals surface area contributed by atoms with Gasteiger partial charge in [-0.3, -0.25) is 19.7 Å². The summed E-state index contributed by atoms with van der Waals surface area (Å²) < 4.78 is 26.3. The third kappa shape index (κ3) is 4.51. The number of carbonyl (C=O) groups is 2. The molecule has 1 heterocycles. The van der Waals surface area contributed by atoms with E-state index in [9.17, 15) is 28.1 Å². The van der Waals surface area contributed by atoms with Gasteiger partial charge in [-0.2, -0.15) is 4.31 Å². The summed E-state index contributed by atoms with van der Waals surface area (Å²) >= 11 is 0. The summed E-state index contributed by atoms with van der Waals surface area (Å²) in [6.07, 6.45) is -0.405. The van der Waals surface area contributed by atoms with Crippen molar-refractivity contribution in [2.75, 3.05) is 26.2 Å². The van der Waals surface area contributed by atoms with Gasteiger partial charge in [0.2, 0.25) is 15.9 Å². The molecule has 1 aliphatic rings.